The average molecular weight is 312 g/mol. The fourth-order valence-electron chi connectivity index (χ4n) is 2.03. The Morgan fingerprint density at radius 3 is 2.83 bits per heavy atom. The highest BCUT2D eigenvalue weighted by molar-refractivity contribution is 9.10. The molecule has 2 heterocycles. The first-order valence-electron chi connectivity index (χ1n) is 6.03. The number of hydrogen-bond donors (Lipinski definition) is 0. The summed E-state index contributed by atoms with van der Waals surface area (Å²) >= 11 is 3.62. The van der Waals surface area contributed by atoms with Gasteiger partial charge in [-0.15, -0.1) is 0 Å². The lowest BCUT2D eigenvalue weighted by molar-refractivity contribution is 0.305. The Bertz CT molecular complexity index is 505. The molecule has 0 saturated carbocycles. The van der Waals surface area contributed by atoms with Crippen molar-refractivity contribution in [1.82, 2.24) is 14.7 Å². The molecule has 0 amide bonds. The van der Waals surface area contributed by atoms with Gasteiger partial charge in [-0.05, 0) is 42.9 Å². The Morgan fingerprint density at radius 1 is 1.44 bits per heavy atom. The van der Waals surface area contributed by atoms with Crippen molar-refractivity contribution in [3.05, 3.63) is 40.0 Å². The molecule has 0 N–H and O–H groups in total. The predicted octanol–water partition coefficient (Wildman–Crippen LogP) is 3.20. The van der Waals surface area contributed by atoms with Gasteiger partial charge in [0.05, 0.1) is 28.4 Å². The van der Waals surface area contributed by atoms with Gasteiger partial charge >= 0.3 is 0 Å². The summed E-state index contributed by atoms with van der Waals surface area (Å²) in [6.45, 7) is 6.76. The van der Waals surface area contributed by atoms with Crippen LogP contribution in [0.2, 0.25) is 0 Å². The zero-order chi connectivity index (χ0) is 13.1. The molecule has 0 saturated heterocycles. The quantitative estimate of drug-likeness (QED) is 0.850. The van der Waals surface area contributed by atoms with Gasteiger partial charge in [0.2, 0.25) is 0 Å². The van der Waals surface area contributed by atoms with E-state index in [-0.39, 0.29) is 0 Å². The Morgan fingerprint density at radius 2 is 2.22 bits per heavy atom. The van der Waals surface area contributed by atoms with E-state index in [1.165, 1.54) is 11.3 Å². The molecule has 0 aromatic carbocycles. The minimum Gasteiger partial charge on any atom is -0.472 e. The van der Waals surface area contributed by atoms with E-state index in [1.54, 1.807) is 12.5 Å². The molecule has 0 atom stereocenters. The van der Waals surface area contributed by atoms with Crippen molar-refractivity contribution >= 4 is 15.9 Å². The van der Waals surface area contributed by atoms with Crippen LogP contribution in [-0.4, -0.2) is 21.7 Å². The number of aromatic nitrogens is 2. The van der Waals surface area contributed by atoms with Crippen molar-refractivity contribution in [2.45, 2.75) is 33.5 Å². The molecule has 0 fully saturated rings. The number of furan rings is 1. The predicted molar refractivity (Wildman–Crippen MR) is 74.2 cm³/mol. The van der Waals surface area contributed by atoms with Crippen LogP contribution in [0.5, 0.6) is 0 Å². The van der Waals surface area contributed by atoms with E-state index in [0.717, 1.165) is 29.8 Å². The van der Waals surface area contributed by atoms with Crippen LogP contribution < -0.4 is 0 Å². The van der Waals surface area contributed by atoms with Gasteiger partial charge in [0.15, 0.2) is 0 Å². The molecule has 2 aromatic heterocycles. The van der Waals surface area contributed by atoms with Crippen LogP contribution in [0.1, 0.15) is 23.9 Å². The third-order valence-corrected chi connectivity index (χ3v) is 3.94. The summed E-state index contributed by atoms with van der Waals surface area (Å²) in [4.78, 5) is 2.25. The molecule has 5 heteroatoms. The topological polar surface area (TPSA) is 34.2 Å². The maximum absolute atomic E-state index is 5.08. The van der Waals surface area contributed by atoms with Gasteiger partial charge in [0.25, 0.3) is 0 Å². The lowest BCUT2D eigenvalue weighted by atomic mass is 10.3. The molecular formula is C13H18BrN3O. The highest BCUT2D eigenvalue weighted by Gasteiger charge is 2.14. The molecule has 98 valence electrons. The summed E-state index contributed by atoms with van der Waals surface area (Å²) in [7, 11) is 2.10. The lowest BCUT2D eigenvalue weighted by Crippen LogP contribution is -2.19. The van der Waals surface area contributed by atoms with Crippen LogP contribution >= 0.6 is 15.9 Å². The molecule has 4 nitrogen and oxygen atoms in total. The molecule has 2 rings (SSSR count). The van der Waals surface area contributed by atoms with Crippen molar-refractivity contribution in [2.24, 2.45) is 0 Å². The first-order valence-corrected chi connectivity index (χ1v) is 6.82. The highest BCUT2D eigenvalue weighted by Crippen LogP contribution is 2.22. The van der Waals surface area contributed by atoms with E-state index in [0.29, 0.717) is 0 Å². The molecule has 2 aromatic rings. The van der Waals surface area contributed by atoms with Crippen LogP contribution in [0, 0.1) is 6.92 Å². The fourth-order valence-corrected chi connectivity index (χ4v) is 2.44. The van der Waals surface area contributed by atoms with Crippen LogP contribution in [0.25, 0.3) is 0 Å². The van der Waals surface area contributed by atoms with Crippen molar-refractivity contribution < 1.29 is 4.42 Å². The minimum absolute atomic E-state index is 0.862. The second-order valence-electron chi connectivity index (χ2n) is 4.47. The summed E-state index contributed by atoms with van der Waals surface area (Å²) in [5, 5.41) is 4.50. The zero-order valence-corrected chi connectivity index (χ0v) is 12.6. The minimum atomic E-state index is 0.862. The lowest BCUT2D eigenvalue weighted by Gasteiger charge is -2.16. The first kappa shape index (κ1) is 13.4. The monoisotopic (exact) mass is 311 g/mol. The second kappa shape index (κ2) is 5.71. The van der Waals surface area contributed by atoms with Crippen LogP contribution in [0.4, 0.5) is 0 Å². The van der Waals surface area contributed by atoms with Crippen molar-refractivity contribution in [2.75, 3.05) is 7.05 Å². The van der Waals surface area contributed by atoms with Gasteiger partial charge in [-0.1, -0.05) is 0 Å². The Balaban J connectivity index is 2.09. The standard InChI is InChI=1S/C13H18BrN3O/c1-4-17-12(13(14)10(2)15-17)8-16(3)7-11-5-6-18-9-11/h5-6,9H,4,7-8H2,1-3H3. The molecule has 0 radical (unpaired) electrons. The Kier molecular flexibility index (Phi) is 4.24. The van der Waals surface area contributed by atoms with Crippen LogP contribution in [-0.2, 0) is 19.6 Å². The van der Waals surface area contributed by atoms with Gasteiger partial charge in [-0.3, -0.25) is 9.58 Å². The van der Waals surface area contributed by atoms with Gasteiger partial charge in [-0.2, -0.15) is 5.10 Å². The van der Waals surface area contributed by atoms with Crippen molar-refractivity contribution in [3.63, 3.8) is 0 Å². The van der Waals surface area contributed by atoms with E-state index in [4.69, 9.17) is 4.42 Å². The van der Waals surface area contributed by atoms with E-state index in [2.05, 4.69) is 39.9 Å². The highest BCUT2D eigenvalue weighted by atomic mass is 79.9. The Hall–Kier alpha value is -1.07. The van der Waals surface area contributed by atoms with Crippen molar-refractivity contribution in [1.29, 1.82) is 0 Å². The summed E-state index contributed by atoms with van der Waals surface area (Å²) in [5.74, 6) is 0. The Labute approximate surface area is 116 Å². The number of aryl methyl sites for hydroxylation is 2. The fraction of sp³-hybridized carbons (Fsp3) is 0.462. The number of nitrogens with zero attached hydrogens (tertiary/aromatic N) is 3. The molecule has 0 aliphatic heterocycles. The molecule has 0 unspecified atom stereocenters. The molecular weight excluding hydrogens is 294 g/mol. The van der Waals surface area contributed by atoms with Crippen LogP contribution in [0.15, 0.2) is 27.5 Å². The smallest absolute Gasteiger partial charge is 0.0947 e. The molecule has 0 aliphatic rings. The molecule has 0 bridgehead atoms. The number of halogens is 1. The van der Waals surface area contributed by atoms with Gasteiger partial charge in [0.1, 0.15) is 0 Å². The maximum Gasteiger partial charge on any atom is 0.0947 e. The van der Waals surface area contributed by atoms with Gasteiger partial charge < -0.3 is 4.42 Å². The first-order chi connectivity index (χ1) is 8.61. The zero-order valence-electron chi connectivity index (χ0n) is 11.0. The van der Waals surface area contributed by atoms with Gasteiger partial charge in [-0.25, -0.2) is 0 Å². The summed E-state index contributed by atoms with van der Waals surface area (Å²) in [6, 6.07) is 1.99. The van der Waals surface area contributed by atoms with Crippen molar-refractivity contribution in [3.8, 4) is 0 Å². The van der Waals surface area contributed by atoms with Gasteiger partial charge in [0, 0.05) is 25.2 Å². The second-order valence-corrected chi connectivity index (χ2v) is 5.26. The summed E-state index contributed by atoms with van der Waals surface area (Å²) < 4.78 is 8.25. The third-order valence-electron chi connectivity index (χ3n) is 2.91. The molecule has 18 heavy (non-hydrogen) atoms. The third kappa shape index (κ3) is 2.84. The van der Waals surface area contributed by atoms with E-state index in [1.807, 2.05) is 17.7 Å². The maximum atomic E-state index is 5.08. The normalized spacial score (nSPS) is 11.4. The largest absolute Gasteiger partial charge is 0.472 e. The summed E-state index contributed by atoms with van der Waals surface area (Å²) in [6.07, 6.45) is 3.49. The van der Waals surface area contributed by atoms with E-state index >= 15 is 0 Å². The van der Waals surface area contributed by atoms with Crippen LogP contribution in [0.3, 0.4) is 0 Å². The number of hydrogen-bond acceptors (Lipinski definition) is 3. The average Bonchev–Trinajstić information content (AvgIpc) is 2.92. The van der Waals surface area contributed by atoms with E-state index < -0.39 is 0 Å². The SMILES string of the molecule is CCn1nc(C)c(Br)c1CN(C)Cc1ccoc1. The number of rotatable bonds is 5. The van der Waals surface area contributed by atoms with E-state index in [9.17, 15) is 0 Å². The summed E-state index contributed by atoms with van der Waals surface area (Å²) in [5.41, 5.74) is 3.46. The molecule has 0 aliphatic carbocycles. The molecule has 0 spiro atoms.